The Hall–Kier alpha value is -1.70. The number of aryl methyl sites for hydroxylation is 2. The highest BCUT2D eigenvalue weighted by atomic mass is 32.2. The van der Waals surface area contributed by atoms with Gasteiger partial charge in [0.05, 0.1) is 10.9 Å². The van der Waals surface area contributed by atoms with E-state index in [4.69, 9.17) is 0 Å². The summed E-state index contributed by atoms with van der Waals surface area (Å²) in [5.74, 6) is 0.0987. The zero-order chi connectivity index (χ0) is 23.2. The molecule has 1 saturated heterocycles. The van der Waals surface area contributed by atoms with E-state index in [9.17, 15) is 13.2 Å². The van der Waals surface area contributed by atoms with Gasteiger partial charge < -0.3 is 4.90 Å². The number of hydrogen-bond acceptors (Lipinski definition) is 4. The lowest BCUT2D eigenvalue weighted by Crippen LogP contribution is -2.47. The molecule has 2 aliphatic rings. The number of carbonyl (C=O) groups excluding carboxylic acids is 1. The van der Waals surface area contributed by atoms with Gasteiger partial charge in [-0.3, -0.25) is 4.79 Å². The second kappa shape index (κ2) is 8.92. The van der Waals surface area contributed by atoms with Gasteiger partial charge in [0.2, 0.25) is 15.9 Å². The third kappa shape index (κ3) is 3.93. The molecule has 4 rings (SSSR count). The molecule has 0 spiro atoms. The number of benzene rings is 1. The smallest absolute Gasteiger partial charge is 0.243 e. The lowest BCUT2D eigenvalue weighted by molar-refractivity contribution is -0.139. The molecule has 0 radical (unpaired) electrons. The van der Waals surface area contributed by atoms with Crippen LogP contribution in [0.25, 0.3) is 0 Å². The number of nitrogens with zero attached hydrogens (tertiary/aromatic N) is 2. The zero-order valence-corrected chi connectivity index (χ0v) is 21.4. The molecule has 0 unspecified atom stereocenters. The minimum absolute atomic E-state index is 0.0999. The molecule has 0 saturated carbocycles. The van der Waals surface area contributed by atoms with Crippen molar-refractivity contribution in [3.8, 4) is 0 Å². The molecule has 0 bridgehead atoms. The molecular weight excluding hydrogens is 440 g/mol. The SMILES string of the molecule is CC[C@@H]1c2ccsc2CCN1C(=O)C1CCN(S(=O)(=O)c2c(C)c(C)cc(C)c2C)CC1. The van der Waals surface area contributed by atoms with Crippen molar-refractivity contribution in [2.45, 2.75) is 71.2 Å². The Labute approximate surface area is 196 Å². The van der Waals surface area contributed by atoms with Gasteiger partial charge in [-0.1, -0.05) is 13.0 Å². The van der Waals surface area contributed by atoms with E-state index in [0.29, 0.717) is 30.8 Å². The van der Waals surface area contributed by atoms with Crippen LogP contribution >= 0.6 is 11.3 Å². The molecule has 32 heavy (non-hydrogen) atoms. The van der Waals surface area contributed by atoms with Crippen molar-refractivity contribution in [1.29, 1.82) is 0 Å². The second-order valence-electron chi connectivity index (χ2n) is 9.27. The highest BCUT2D eigenvalue weighted by molar-refractivity contribution is 7.89. The molecule has 0 N–H and O–H groups in total. The third-order valence-electron chi connectivity index (χ3n) is 7.46. The molecule has 7 heteroatoms. The molecule has 5 nitrogen and oxygen atoms in total. The third-order valence-corrected chi connectivity index (χ3v) is 10.6. The second-order valence-corrected chi connectivity index (χ2v) is 12.1. The Morgan fingerprint density at radius 2 is 1.69 bits per heavy atom. The molecule has 1 atom stereocenters. The number of carbonyl (C=O) groups is 1. The first-order chi connectivity index (χ1) is 15.2. The average molecular weight is 475 g/mol. The van der Waals surface area contributed by atoms with Crippen LogP contribution in [-0.2, 0) is 21.2 Å². The first-order valence-corrected chi connectivity index (χ1v) is 13.9. The summed E-state index contributed by atoms with van der Waals surface area (Å²) < 4.78 is 28.7. The number of piperidine rings is 1. The molecule has 1 amide bonds. The van der Waals surface area contributed by atoms with Crippen LogP contribution in [-0.4, -0.2) is 43.2 Å². The topological polar surface area (TPSA) is 57.7 Å². The fourth-order valence-corrected chi connectivity index (χ4v) is 8.35. The van der Waals surface area contributed by atoms with Crippen LogP contribution in [0.2, 0.25) is 0 Å². The Morgan fingerprint density at radius 1 is 1.06 bits per heavy atom. The normalized spacial score (nSPS) is 20.4. The summed E-state index contributed by atoms with van der Waals surface area (Å²) in [5.41, 5.74) is 4.97. The molecule has 174 valence electrons. The molecular formula is C25H34N2O3S2. The number of fused-ring (bicyclic) bond motifs is 1. The number of sulfonamides is 1. The van der Waals surface area contributed by atoms with Crippen LogP contribution in [0.4, 0.5) is 0 Å². The number of rotatable bonds is 4. The van der Waals surface area contributed by atoms with E-state index in [0.717, 1.165) is 41.6 Å². The Kier molecular flexibility index (Phi) is 6.54. The van der Waals surface area contributed by atoms with E-state index < -0.39 is 10.0 Å². The molecule has 2 aliphatic heterocycles. The lowest BCUT2D eigenvalue weighted by atomic mass is 9.92. The van der Waals surface area contributed by atoms with Crippen molar-refractivity contribution < 1.29 is 13.2 Å². The van der Waals surface area contributed by atoms with Crippen LogP contribution < -0.4 is 0 Å². The van der Waals surface area contributed by atoms with Gasteiger partial charge in [-0.2, -0.15) is 4.31 Å². The minimum atomic E-state index is -3.58. The molecule has 2 aromatic rings. The van der Waals surface area contributed by atoms with E-state index in [2.05, 4.69) is 29.3 Å². The average Bonchev–Trinajstić information content (AvgIpc) is 3.25. The van der Waals surface area contributed by atoms with E-state index in [-0.39, 0.29) is 17.9 Å². The van der Waals surface area contributed by atoms with E-state index >= 15 is 0 Å². The van der Waals surface area contributed by atoms with Gasteiger partial charge in [-0.25, -0.2) is 8.42 Å². The molecule has 0 aliphatic carbocycles. The maximum absolute atomic E-state index is 13.5. The van der Waals surface area contributed by atoms with Crippen molar-refractivity contribution in [3.05, 3.63) is 50.2 Å². The van der Waals surface area contributed by atoms with Crippen molar-refractivity contribution in [3.63, 3.8) is 0 Å². The van der Waals surface area contributed by atoms with Crippen molar-refractivity contribution in [1.82, 2.24) is 9.21 Å². The van der Waals surface area contributed by atoms with Crippen LogP contribution in [0.1, 0.15) is 64.9 Å². The van der Waals surface area contributed by atoms with Gasteiger partial charge >= 0.3 is 0 Å². The summed E-state index contributed by atoms with van der Waals surface area (Å²) in [6.07, 6.45) is 3.01. The van der Waals surface area contributed by atoms with E-state index in [1.807, 2.05) is 27.7 Å². The predicted molar refractivity (Wildman–Crippen MR) is 130 cm³/mol. The number of amides is 1. The predicted octanol–water partition coefficient (Wildman–Crippen LogP) is 4.92. The van der Waals surface area contributed by atoms with Crippen LogP contribution in [0.5, 0.6) is 0 Å². The summed E-state index contributed by atoms with van der Waals surface area (Å²) in [4.78, 5) is 17.4. The van der Waals surface area contributed by atoms with E-state index in [1.165, 1.54) is 10.4 Å². The summed E-state index contributed by atoms with van der Waals surface area (Å²) >= 11 is 1.79. The molecule has 3 heterocycles. The maximum atomic E-state index is 13.5. The Balaban J connectivity index is 1.50. The first-order valence-electron chi connectivity index (χ1n) is 11.6. The van der Waals surface area contributed by atoms with Crippen molar-refractivity contribution in [2.75, 3.05) is 19.6 Å². The molecule has 1 fully saturated rings. The first kappa shape index (κ1) is 23.5. The number of thiophene rings is 1. The monoisotopic (exact) mass is 474 g/mol. The fraction of sp³-hybridized carbons (Fsp3) is 0.560. The van der Waals surface area contributed by atoms with E-state index in [1.54, 1.807) is 15.6 Å². The maximum Gasteiger partial charge on any atom is 0.243 e. The summed E-state index contributed by atoms with van der Waals surface area (Å²) in [7, 11) is -3.58. The standard InChI is InChI=1S/C25H34N2O3S2/c1-6-22-21-10-14-31-23(21)9-13-27(22)25(28)20-7-11-26(12-8-20)32(29,30)24-18(4)16(2)15-17(3)19(24)5/h10,14-15,20,22H,6-9,11-13H2,1-5H3/t22-/m1/s1. The van der Waals surface area contributed by atoms with Crippen LogP contribution in [0.3, 0.4) is 0 Å². The van der Waals surface area contributed by atoms with Gasteiger partial charge in [0, 0.05) is 30.4 Å². The minimum Gasteiger partial charge on any atom is -0.335 e. The molecule has 1 aromatic heterocycles. The fourth-order valence-electron chi connectivity index (χ4n) is 5.37. The Bertz CT molecular complexity index is 1100. The van der Waals surface area contributed by atoms with Gasteiger partial charge in [-0.15, -0.1) is 11.3 Å². The lowest BCUT2D eigenvalue weighted by Gasteiger charge is -2.39. The summed E-state index contributed by atoms with van der Waals surface area (Å²) in [6.45, 7) is 11.4. The van der Waals surface area contributed by atoms with Crippen molar-refractivity contribution in [2.24, 2.45) is 5.92 Å². The quantitative estimate of drug-likeness (QED) is 0.632. The number of hydrogen-bond donors (Lipinski definition) is 0. The largest absolute Gasteiger partial charge is 0.335 e. The highest BCUT2D eigenvalue weighted by Gasteiger charge is 2.38. The van der Waals surface area contributed by atoms with Gasteiger partial charge in [0.15, 0.2) is 0 Å². The Morgan fingerprint density at radius 3 is 2.28 bits per heavy atom. The van der Waals surface area contributed by atoms with Gasteiger partial charge in [0.1, 0.15) is 0 Å². The van der Waals surface area contributed by atoms with Crippen LogP contribution in [0, 0.1) is 33.6 Å². The van der Waals surface area contributed by atoms with Crippen molar-refractivity contribution >= 4 is 27.3 Å². The molecule has 1 aromatic carbocycles. The zero-order valence-electron chi connectivity index (χ0n) is 19.8. The van der Waals surface area contributed by atoms with Gasteiger partial charge in [-0.05, 0) is 92.6 Å². The van der Waals surface area contributed by atoms with Crippen LogP contribution in [0.15, 0.2) is 22.4 Å². The van der Waals surface area contributed by atoms with Gasteiger partial charge in [0.25, 0.3) is 0 Å². The highest BCUT2D eigenvalue weighted by Crippen LogP contribution is 2.37. The summed E-state index contributed by atoms with van der Waals surface area (Å²) in [6, 6.07) is 4.37. The summed E-state index contributed by atoms with van der Waals surface area (Å²) in [5, 5.41) is 2.13.